The number of sulfone groups is 1. The van der Waals surface area contributed by atoms with Crippen LogP contribution in [-0.4, -0.2) is 48.9 Å². The smallest absolute Gasteiger partial charge is 0.365 e. The van der Waals surface area contributed by atoms with Crippen LogP contribution in [0.5, 0.6) is 0 Å². The molecule has 0 saturated heterocycles. The number of carbonyl (C=O) groups is 1. The number of nitrogens with zero attached hydrogens (tertiary/aromatic N) is 3. The number of anilines is 2. The highest BCUT2D eigenvalue weighted by atomic mass is 32.2. The normalized spacial score (nSPS) is 21.1. The summed E-state index contributed by atoms with van der Waals surface area (Å²) in [6.07, 6.45) is 3.04. The van der Waals surface area contributed by atoms with Crippen LogP contribution in [0.2, 0.25) is 0 Å². The monoisotopic (exact) mass is 502 g/mol. The average molecular weight is 502 g/mol. The Kier molecular flexibility index (Phi) is 7.47. The highest BCUT2D eigenvalue weighted by Crippen LogP contribution is 2.35. The molecule has 1 fully saturated rings. The number of halogens is 4. The summed E-state index contributed by atoms with van der Waals surface area (Å²) < 4.78 is 75.1. The molecule has 3 atom stereocenters. The largest absolute Gasteiger partial charge is 0.501 e. The topological polar surface area (TPSA) is 143 Å². The quantitative estimate of drug-likeness (QED) is 0.471. The first-order chi connectivity index (χ1) is 16.0. The van der Waals surface area contributed by atoms with Crippen LogP contribution in [0.4, 0.5) is 29.1 Å². The molecule has 0 spiro atoms. The van der Waals surface area contributed by atoms with Gasteiger partial charge in [-0.1, -0.05) is 0 Å². The summed E-state index contributed by atoms with van der Waals surface area (Å²) in [6, 6.07) is 5.59. The lowest BCUT2D eigenvalue weighted by Gasteiger charge is -2.33. The van der Waals surface area contributed by atoms with E-state index in [0.29, 0.717) is 19.3 Å². The third-order valence-electron chi connectivity index (χ3n) is 5.58. The van der Waals surface area contributed by atoms with Crippen molar-refractivity contribution in [3.8, 4) is 6.07 Å². The predicted molar refractivity (Wildman–Crippen MR) is 113 cm³/mol. The lowest BCUT2D eigenvalue weighted by Crippen LogP contribution is -2.39. The first kappa shape index (κ1) is 25.4. The number of nitrogens with two attached hydrogens (primary N) is 1. The lowest BCUT2D eigenvalue weighted by molar-refractivity contribution is -0.0436. The van der Waals surface area contributed by atoms with Crippen molar-refractivity contribution in [3.63, 3.8) is 0 Å². The van der Waals surface area contributed by atoms with Crippen LogP contribution in [0, 0.1) is 17.2 Å². The number of nitrogens with one attached hydrogen (secondary N) is 2. The van der Waals surface area contributed by atoms with Crippen LogP contribution >= 0.6 is 0 Å². The Balaban J connectivity index is 1.82. The van der Waals surface area contributed by atoms with Gasteiger partial charge < -0.3 is 16.4 Å². The highest BCUT2D eigenvalue weighted by Gasteiger charge is 2.46. The maximum Gasteiger partial charge on any atom is 0.501 e. The summed E-state index contributed by atoms with van der Waals surface area (Å²) in [7, 11) is -5.50. The Morgan fingerprint density at radius 1 is 1.26 bits per heavy atom. The van der Waals surface area contributed by atoms with Gasteiger partial charge in [0.15, 0.2) is 5.82 Å². The van der Waals surface area contributed by atoms with E-state index in [4.69, 9.17) is 5.73 Å². The van der Waals surface area contributed by atoms with Gasteiger partial charge in [0.05, 0.1) is 22.9 Å². The Bertz CT molecular complexity index is 1170. The Labute approximate surface area is 192 Å². The van der Waals surface area contributed by atoms with Gasteiger partial charge in [0.1, 0.15) is 12.2 Å². The molecule has 1 heterocycles. The molecular weight excluding hydrogens is 480 g/mol. The fourth-order valence-electron chi connectivity index (χ4n) is 3.88. The van der Waals surface area contributed by atoms with Crippen LogP contribution in [0.25, 0.3) is 0 Å². The van der Waals surface area contributed by atoms with Gasteiger partial charge in [0.2, 0.25) is 0 Å². The number of primary amides is 1. The van der Waals surface area contributed by atoms with Crippen LogP contribution in [0.15, 0.2) is 35.4 Å². The van der Waals surface area contributed by atoms with Crippen molar-refractivity contribution in [3.05, 3.63) is 36.0 Å². The van der Waals surface area contributed by atoms with Crippen molar-refractivity contribution in [1.82, 2.24) is 15.1 Å². The fraction of sp³-hybridized carbons (Fsp3) is 0.450. The van der Waals surface area contributed by atoms with Crippen molar-refractivity contribution in [1.29, 1.82) is 5.26 Å². The molecule has 184 valence electrons. The van der Waals surface area contributed by atoms with E-state index in [1.54, 1.807) is 0 Å². The van der Waals surface area contributed by atoms with Crippen molar-refractivity contribution in [2.45, 2.75) is 41.7 Å². The molecule has 0 bridgehead atoms. The second-order valence-corrected chi connectivity index (χ2v) is 9.73. The number of nitriles is 1. The molecule has 1 saturated carbocycles. The third kappa shape index (κ3) is 5.31. The Morgan fingerprint density at radius 3 is 2.50 bits per heavy atom. The first-order valence-corrected chi connectivity index (χ1v) is 11.7. The zero-order valence-corrected chi connectivity index (χ0v) is 18.5. The van der Waals surface area contributed by atoms with Gasteiger partial charge in [-0.3, -0.25) is 9.48 Å². The summed E-state index contributed by atoms with van der Waals surface area (Å²) >= 11 is 0. The Hall–Kier alpha value is -3.18. The number of carbonyl (C=O) groups excluding carboxylic acids is 1. The second-order valence-electron chi connectivity index (χ2n) is 7.79. The molecule has 2 unspecified atom stereocenters. The van der Waals surface area contributed by atoms with Crippen LogP contribution in [-0.2, 0) is 9.84 Å². The van der Waals surface area contributed by atoms with Crippen LogP contribution in [0.3, 0.4) is 0 Å². The van der Waals surface area contributed by atoms with E-state index in [0.717, 1.165) is 24.3 Å². The molecule has 0 aliphatic heterocycles. The van der Waals surface area contributed by atoms with Gasteiger partial charge >= 0.3 is 5.51 Å². The number of aromatic nitrogens is 2. The highest BCUT2D eigenvalue weighted by molar-refractivity contribution is 7.92. The fourth-order valence-corrected chi connectivity index (χ4v) is 4.64. The molecule has 1 amide bonds. The maximum absolute atomic E-state index is 12.7. The molecular formula is C20H22F4N6O3S. The molecule has 2 aromatic rings. The minimum atomic E-state index is -5.50. The Morgan fingerprint density at radius 2 is 1.94 bits per heavy atom. The zero-order valence-electron chi connectivity index (χ0n) is 17.7. The number of hydrogen-bond donors (Lipinski definition) is 3. The van der Waals surface area contributed by atoms with Gasteiger partial charge in [-0.2, -0.15) is 23.5 Å². The molecule has 34 heavy (non-hydrogen) atoms. The summed E-state index contributed by atoms with van der Waals surface area (Å²) in [4.78, 5) is 11.0. The summed E-state index contributed by atoms with van der Waals surface area (Å²) in [6.45, 7) is -0.325. The van der Waals surface area contributed by atoms with E-state index in [9.17, 15) is 36.0 Å². The summed E-state index contributed by atoms with van der Waals surface area (Å²) in [5.74, 6) is -1.28. The number of rotatable bonds is 8. The van der Waals surface area contributed by atoms with Gasteiger partial charge in [0.25, 0.3) is 15.7 Å². The van der Waals surface area contributed by atoms with Gasteiger partial charge in [-0.05, 0) is 43.5 Å². The molecule has 14 heteroatoms. The van der Waals surface area contributed by atoms with Gasteiger partial charge in [-0.25, -0.2) is 12.8 Å². The SMILES string of the molecule is N#CC1CC(NCCF)CC[C@@H]1n1cc(C(N)=O)c(Nc2ccc(S(=O)(=O)C(F)(F)F)cc2)n1. The molecule has 3 rings (SSSR count). The van der Waals surface area contributed by atoms with E-state index in [2.05, 4.69) is 21.8 Å². The molecule has 4 N–H and O–H groups in total. The van der Waals surface area contributed by atoms with Crippen molar-refractivity contribution >= 4 is 27.2 Å². The summed E-state index contributed by atoms with van der Waals surface area (Å²) in [5, 5.41) is 19.7. The maximum atomic E-state index is 12.7. The standard InChI is InChI=1S/C20H22F4N6O3S/c21-7-8-27-14-3-6-17(12(9-14)10-25)30-11-16(18(26)31)19(29-30)28-13-1-4-15(5-2-13)34(32,33)20(22,23)24/h1-2,4-5,11-12,14,17,27H,3,6-9H2,(H2,26,31)(H,28,29)/t12?,14?,17-/m0/s1. The van der Waals surface area contributed by atoms with E-state index in [-0.39, 0.29) is 35.7 Å². The van der Waals surface area contributed by atoms with Gasteiger partial charge in [0, 0.05) is 24.5 Å². The minimum absolute atomic E-state index is 0.00768. The van der Waals surface area contributed by atoms with Crippen LogP contribution < -0.4 is 16.4 Å². The zero-order chi connectivity index (χ0) is 25.1. The van der Waals surface area contributed by atoms with E-state index < -0.39 is 38.7 Å². The molecule has 9 nitrogen and oxygen atoms in total. The first-order valence-electron chi connectivity index (χ1n) is 10.2. The molecule has 1 aromatic carbocycles. The number of hydrogen-bond acceptors (Lipinski definition) is 7. The minimum Gasteiger partial charge on any atom is -0.365 e. The third-order valence-corrected chi connectivity index (χ3v) is 7.08. The number of alkyl halides is 4. The summed E-state index contributed by atoms with van der Waals surface area (Å²) in [5.41, 5.74) is 0.163. The predicted octanol–water partition coefficient (Wildman–Crippen LogP) is 2.81. The molecule has 1 aromatic heterocycles. The lowest BCUT2D eigenvalue weighted by atomic mass is 9.82. The van der Waals surface area contributed by atoms with Crippen molar-refractivity contribution in [2.75, 3.05) is 18.5 Å². The second kappa shape index (κ2) is 9.98. The molecule has 1 aliphatic carbocycles. The van der Waals surface area contributed by atoms with E-state index in [1.165, 1.54) is 10.9 Å². The number of amides is 1. The molecule has 1 aliphatic rings. The van der Waals surface area contributed by atoms with E-state index in [1.807, 2.05) is 0 Å². The average Bonchev–Trinajstić information content (AvgIpc) is 3.21. The van der Waals surface area contributed by atoms with E-state index >= 15 is 0 Å². The molecule has 0 radical (unpaired) electrons. The van der Waals surface area contributed by atoms with Gasteiger partial charge in [-0.15, -0.1) is 0 Å². The van der Waals surface area contributed by atoms with Crippen molar-refractivity contribution < 1.29 is 30.8 Å². The number of benzene rings is 1. The van der Waals surface area contributed by atoms with Crippen molar-refractivity contribution in [2.24, 2.45) is 11.7 Å². The van der Waals surface area contributed by atoms with Crippen LogP contribution in [0.1, 0.15) is 35.7 Å².